The van der Waals surface area contributed by atoms with Gasteiger partial charge in [0.2, 0.25) is 0 Å². The molecule has 0 saturated carbocycles. The van der Waals surface area contributed by atoms with Crippen LogP contribution in [-0.2, 0) is 19.1 Å². The normalized spacial score (nSPS) is 31.9. The molecular formula is C18H27NO4. The Hall–Kier alpha value is -1.62. The minimum atomic E-state index is -0.253. The molecule has 0 amide bonds. The van der Waals surface area contributed by atoms with E-state index in [1.165, 1.54) is 0 Å². The van der Waals surface area contributed by atoms with Crippen LogP contribution in [0.4, 0.5) is 0 Å². The summed E-state index contributed by atoms with van der Waals surface area (Å²) in [5, 5.41) is 0. The zero-order chi connectivity index (χ0) is 17.1. The second-order valence-electron chi connectivity index (χ2n) is 6.51. The number of fused-ring (bicyclic) bond motifs is 2. The number of carbonyl (C=O) groups is 2. The van der Waals surface area contributed by atoms with Crippen molar-refractivity contribution in [3.63, 3.8) is 0 Å². The SMILES string of the molecule is C/C=C(\C)C(=O)O[C@H]1CC2C[C@H](OC(=O)/C(C)=C/C)C(C1)N2C. The van der Waals surface area contributed by atoms with E-state index in [4.69, 9.17) is 9.47 Å². The third-order valence-corrected chi connectivity index (χ3v) is 5.11. The molecule has 0 aliphatic carbocycles. The number of hydrogen-bond donors (Lipinski definition) is 0. The van der Waals surface area contributed by atoms with Crippen LogP contribution in [0.15, 0.2) is 23.3 Å². The summed E-state index contributed by atoms with van der Waals surface area (Å²) in [6, 6.07) is 0.409. The molecule has 2 aliphatic rings. The maximum atomic E-state index is 12.0. The monoisotopic (exact) mass is 321 g/mol. The molecular weight excluding hydrogens is 294 g/mol. The molecule has 0 spiro atoms. The van der Waals surface area contributed by atoms with E-state index in [1.54, 1.807) is 26.0 Å². The molecule has 0 N–H and O–H groups in total. The van der Waals surface area contributed by atoms with Crippen LogP contribution in [0.2, 0.25) is 0 Å². The summed E-state index contributed by atoms with van der Waals surface area (Å²) in [5.74, 6) is -0.503. The zero-order valence-corrected chi connectivity index (χ0v) is 14.7. The molecule has 2 heterocycles. The van der Waals surface area contributed by atoms with E-state index in [0.717, 1.165) is 12.8 Å². The van der Waals surface area contributed by atoms with Crippen molar-refractivity contribution < 1.29 is 19.1 Å². The molecule has 5 nitrogen and oxygen atoms in total. The molecule has 2 aliphatic heterocycles. The summed E-state index contributed by atoms with van der Waals surface area (Å²) in [4.78, 5) is 26.2. The van der Waals surface area contributed by atoms with E-state index in [0.29, 0.717) is 23.6 Å². The fourth-order valence-corrected chi connectivity index (χ4v) is 3.31. The van der Waals surface area contributed by atoms with Crippen molar-refractivity contribution in [1.82, 2.24) is 4.90 Å². The highest BCUT2D eigenvalue weighted by Gasteiger charge is 2.47. The first-order chi connectivity index (χ1) is 10.9. The Kier molecular flexibility index (Phi) is 5.63. The van der Waals surface area contributed by atoms with E-state index < -0.39 is 0 Å². The summed E-state index contributed by atoms with van der Waals surface area (Å²) < 4.78 is 11.3. The number of nitrogens with zero attached hydrogens (tertiary/aromatic N) is 1. The predicted octanol–water partition coefficient (Wildman–Crippen LogP) is 2.61. The van der Waals surface area contributed by atoms with E-state index >= 15 is 0 Å². The van der Waals surface area contributed by atoms with Gasteiger partial charge in [-0.3, -0.25) is 4.90 Å². The Morgan fingerprint density at radius 2 is 1.52 bits per heavy atom. The van der Waals surface area contributed by atoms with Gasteiger partial charge in [0.1, 0.15) is 12.2 Å². The number of likely N-dealkylation sites (N-methyl/N-ethyl adjacent to an activating group) is 1. The predicted molar refractivity (Wildman–Crippen MR) is 87.8 cm³/mol. The zero-order valence-electron chi connectivity index (χ0n) is 14.7. The molecule has 2 unspecified atom stereocenters. The van der Waals surface area contributed by atoms with Crippen LogP contribution >= 0.6 is 0 Å². The molecule has 2 rings (SSSR count). The second kappa shape index (κ2) is 7.30. The fourth-order valence-electron chi connectivity index (χ4n) is 3.31. The Morgan fingerprint density at radius 3 is 2.09 bits per heavy atom. The average Bonchev–Trinajstić information content (AvgIpc) is 2.72. The van der Waals surface area contributed by atoms with Gasteiger partial charge in [-0.1, -0.05) is 12.2 Å². The van der Waals surface area contributed by atoms with Crippen LogP contribution in [0, 0.1) is 0 Å². The van der Waals surface area contributed by atoms with Gasteiger partial charge in [-0.2, -0.15) is 0 Å². The number of allylic oxidation sites excluding steroid dienone is 2. The van der Waals surface area contributed by atoms with Gasteiger partial charge < -0.3 is 9.47 Å². The third kappa shape index (κ3) is 3.83. The highest BCUT2D eigenvalue weighted by molar-refractivity contribution is 5.88. The molecule has 0 aromatic carbocycles. The van der Waals surface area contributed by atoms with Crippen LogP contribution in [0.5, 0.6) is 0 Å². The molecule has 23 heavy (non-hydrogen) atoms. The fraction of sp³-hybridized carbons (Fsp3) is 0.667. The lowest BCUT2D eigenvalue weighted by molar-refractivity contribution is -0.151. The lowest BCUT2D eigenvalue weighted by Crippen LogP contribution is -2.46. The first kappa shape index (κ1) is 17.7. The molecule has 2 fully saturated rings. The largest absolute Gasteiger partial charge is 0.459 e. The van der Waals surface area contributed by atoms with E-state index in [-0.39, 0.29) is 30.2 Å². The maximum Gasteiger partial charge on any atom is 0.333 e. The summed E-state index contributed by atoms with van der Waals surface area (Å²) in [6.07, 6.45) is 5.61. The number of piperidine rings is 1. The van der Waals surface area contributed by atoms with Crippen molar-refractivity contribution >= 4 is 11.9 Å². The number of rotatable bonds is 4. The second-order valence-corrected chi connectivity index (χ2v) is 6.51. The average molecular weight is 321 g/mol. The minimum Gasteiger partial charge on any atom is -0.459 e. The first-order valence-corrected chi connectivity index (χ1v) is 8.27. The number of hydrogen-bond acceptors (Lipinski definition) is 5. The van der Waals surface area contributed by atoms with Gasteiger partial charge in [-0.15, -0.1) is 0 Å². The summed E-state index contributed by atoms with van der Waals surface area (Å²) in [7, 11) is 2.06. The molecule has 5 heteroatoms. The minimum absolute atomic E-state index is 0.102. The Balaban J connectivity index is 2.00. The number of carbonyl (C=O) groups excluding carboxylic acids is 2. The molecule has 128 valence electrons. The van der Waals surface area contributed by atoms with Crippen LogP contribution in [0.3, 0.4) is 0 Å². The van der Waals surface area contributed by atoms with Gasteiger partial charge in [0.25, 0.3) is 0 Å². The van der Waals surface area contributed by atoms with E-state index in [9.17, 15) is 9.59 Å². The summed E-state index contributed by atoms with van der Waals surface area (Å²) in [6.45, 7) is 7.18. The highest BCUT2D eigenvalue weighted by atomic mass is 16.6. The summed E-state index contributed by atoms with van der Waals surface area (Å²) in [5.41, 5.74) is 1.25. The van der Waals surface area contributed by atoms with Gasteiger partial charge in [-0.05, 0) is 34.7 Å². The smallest absolute Gasteiger partial charge is 0.333 e. The van der Waals surface area contributed by atoms with Gasteiger partial charge >= 0.3 is 11.9 Å². The topological polar surface area (TPSA) is 55.8 Å². The Labute approximate surface area is 138 Å². The van der Waals surface area contributed by atoms with Crippen molar-refractivity contribution in [3.8, 4) is 0 Å². The molecule has 4 atom stereocenters. The van der Waals surface area contributed by atoms with Crippen molar-refractivity contribution in [3.05, 3.63) is 23.3 Å². The van der Waals surface area contributed by atoms with Crippen molar-refractivity contribution in [2.24, 2.45) is 0 Å². The molecule has 0 aromatic heterocycles. The number of esters is 2. The van der Waals surface area contributed by atoms with Gasteiger partial charge in [0, 0.05) is 36.5 Å². The lowest BCUT2D eigenvalue weighted by Gasteiger charge is -2.36. The Bertz CT molecular complexity index is 535. The van der Waals surface area contributed by atoms with Crippen LogP contribution in [0.25, 0.3) is 0 Å². The lowest BCUT2D eigenvalue weighted by atomic mass is 10.00. The third-order valence-electron chi connectivity index (χ3n) is 5.11. The van der Waals surface area contributed by atoms with E-state index in [1.807, 2.05) is 13.8 Å². The van der Waals surface area contributed by atoms with Crippen LogP contribution < -0.4 is 0 Å². The summed E-state index contributed by atoms with van der Waals surface area (Å²) >= 11 is 0. The quantitative estimate of drug-likeness (QED) is 0.588. The molecule has 0 aromatic rings. The van der Waals surface area contributed by atoms with Crippen LogP contribution in [0.1, 0.15) is 47.0 Å². The molecule has 2 bridgehead atoms. The maximum absolute atomic E-state index is 12.0. The first-order valence-electron chi connectivity index (χ1n) is 8.27. The standard InChI is InChI=1S/C18H27NO4/c1-6-11(3)17(20)22-14-8-13-9-16(15(10-14)19(13)5)23-18(21)12(4)7-2/h6-7,13-16H,8-10H2,1-5H3/b11-6+,12-7+/t13?,14-,15?,16-/m0/s1. The van der Waals surface area contributed by atoms with E-state index in [2.05, 4.69) is 11.9 Å². The van der Waals surface area contributed by atoms with Crippen molar-refractivity contribution in [2.75, 3.05) is 7.05 Å². The van der Waals surface area contributed by atoms with Gasteiger partial charge in [-0.25, -0.2) is 9.59 Å². The van der Waals surface area contributed by atoms with Gasteiger partial charge in [0.05, 0.1) is 6.04 Å². The molecule has 0 radical (unpaired) electrons. The van der Waals surface area contributed by atoms with Crippen LogP contribution in [-0.4, -0.2) is 48.2 Å². The Morgan fingerprint density at radius 1 is 0.957 bits per heavy atom. The van der Waals surface area contributed by atoms with Crippen molar-refractivity contribution in [1.29, 1.82) is 0 Å². The van der Waals surface area contributed by atoms with Crippen molar-refractivity contribution in [2.45, 2.75) is 71.2 Å². The molecule has 2 saturated heterocycles. The number of ether oxygens (including phenoxy) is 2. The highest BCUT2D eigenvalue weighted by Crippen LogP contribution is 2.37. The van der Waals surface area contributed by atoms with Gasteiger partial charge in [0.15, 0.2) is 0 Å².